The number of pyridine rings is 1. The van der Waals surface area contributed by atoms with Crippen molar-refractivity contribution in [3.8, 4) is 0 Å². The highest BCUT2D eigenvalue weighted by molar-refractivity contribution is 5.91. The number of esters is 1. The number of rotatable bonds is 9. The predicted molar refractivity (Wildman–Crippen MR) is 108 cm³/mol. The van der Waals surface area contributed by atoms with Gasteiger partial charge < -0.3 is 29.9 Å². The molecular formula is C19H29N5O5. The second-order valence-corrected chi connectivity index (χ2v) is 6.50. The fraction of sp³-hybridized carbons (Fsp3) is 0.579. The van der Waals surface area contributed by atoms with Crippen molar-refractivity contribution in [2.45, 2.75) is 19.8 Å². The van der Waals surface area contributed by atoms with Gasteiger partial charge in [0.25, 0.3) is 0 Å². The van der Waals surface area contributed by atoms with E-state index in [-0.39, 0.29) is 24.5 Å². The Bertz CT molecular complexity index is 674. The Morgan fingerprint density at radius 2 is 1.93 bits per heavy atom. The van der Waals surface area contributed by atoms with E-state index in [1.807, 2.05) is 6.07 Å². The standard InChI is InChI=1S/C19H29N5O5/c1-3-29-18(26)5-4-8-20-19(27)24-11-9-23(10-12-24)16-7-6-15(13-21-16)22-17(25)14-28-2/h6-7,13H,3-5,8-12,14H2,1-2H3,(H,20,27)(H,22,25). The highest BCUT2D eigenvalue weighted by atomic mass is 16.5. The SMILES string of the molecule is CCOC(=O)CCCNC(=O)N1CCN(c2ccc(NC(=O)COC)cn2)CC1. The Balaban J connectivity index is 1.70. The molecule has 10 nitrogen and oxygen atoms in total. The Labute approximate surface area is 170 Å². The lowest BCUT2D eigenvalue weighted by Crippen LogP contribution is -2.52. The molecular weight excluding hydrogens is 378 g/mol. The van der Waals surface area contributed by atoms with E-state index >= 15 is 0 Å². The summed E-state index contributed by atoms with van der Waals surface area (Å²) >= 11 is 0. The van der Waals surface area contributed by atoms with E-state index in [0.717, 1.165) is 5.82 Å². The number of piperazine rings is 1. The van der Waals surface area contributed by atoms with Gasteiger partial charge in [-0.1, -0.05) is 0 Å². The van der Waals surface area contributed by atoms with Crippen molar-refractivity contribution < 1.29 is 23.9 Å². The molecule has 0 aromatic carbocycles. The first kappa shape index (κ1) is 22.4. The molecule has 0 spiro atoms. The number of nitrogens with zero attached hydrogens (tertiary/aromatic N) is 3. The summed E-state index contributed by atoms with van der Waals surface area (Å²) in [5, 5.41) is 5.53. The molecule has 1 saturated heterocycles. The molecule has 10 heteroatoms. The molecule has 160 valence electrons. The third-order valence-corrected chi connectivity index (χ3v) is 4.34. The minimum Gasteiger partial charge on any atom is -0.466 e. The third kappa shape index (κ3) is 7.57. The van der Waals surface area contributed by atoms with Crippen LogP contribution in [0.1, 0.15) is 19.8 Å². The first-order chi connectivity index (χ1) is 14.0. The van der Waals surface area contributed by atoms with Crippen LogP contribution in [0.25, 0.3) is 0 Å². The van der Waals surface area contributed by atoms with Gasteiger partial charge in [-0.25, -0.2) is 9.78 Å². The molecule has 0 aliphatic carbocycles. The largest absolute Gasteiger partial charge is 0.466 e. The molecule has 29 heavy (non-hydrogen) atoms. The summed E-state index contributed by atoms with van der Waals surface area (Å²) in [4.78, 5) is 43.2. The quantitative estimate of drug-likeness (QED) is 0.461. The summed E-state index contributed by atoms with van der Waals surface area (Å²) in [6.45, 7) is 5.07. The number of anilines is 2. The lowest BCUT2D eigenvalue weighted by atomic mass is 10.3. The topological polar surface area (TPSA) is 113 Å². The zero-order valence-corrected chi connectivity index (χ0v) is 17.0. The number of carbonyl (C=O) groups excluding carboxylic acids is 3. The van der Waals surface area contributed by atoms with Crippen molar-refractivity contribution in [3.05, 3.63) is 18.3 Å². The van der Waals surface area contributed by atoms with E-state index in [9.17, 15) is 14.4 Å². The normalized spacial score (nSPS) is 13.7. The number of hydrogen-bond acceptors (Lipinski definition) is 7. The number of carbonyl (C=O) groups is 3. The van der Waals surface area contributed by atoms with Gasteiger partial charge in [-0.05, 0) is 25.5 Å². The molecule has 0 saturated carbocycles. The zero-order chi connectivity index (χ0) is 21.1. The molecule has 0 atom stereocenters. The van der Waals surface area contributed by atoms with Crippen LogP contribution in [-0.2, 0) is 19.1 Å². The van der Waals surface area contributed by atoms with Crippen LogP contribution in [0.2, 0.25) is 0 Å². The lowest BCUT2D eigenvalue weighted by molar-refractivity contribution is -0.143. The molecule has 2 rings (SSSR count). The summed E-state index contributed by atoms with van der Waals surface area (Å²) in [6.07, 6.45) is 2.46. The number of urea groups is 1. The summed E-state index contributed by atoms with van der Waals surface area (Å²) in [6, 6.07) is 3.50. The smallest absolute Gasteiger partial charge is 0.317 e. The number of aromatic nitrogens is 1. The van der Waals surface area contributed by atoms with Gasteiger partial charge in [0.1, 0.15) is 12.4 Å². The van der Waals surface area contributed by atoms with Crippen molar-refractivity contribution in [2.75, 3.05) is 63.3 Å². The molecule has 1 aliphatic rings. The minimum absolute atomic E-state index is 0.00536. The lowest BCUT2D eigenvalue weighted by Gasteiger charge is -2.35. The first-order valence-corrected chi connectivity index (χ1v) is 9.71. The maximum Gasteiger partial charge on any atom is 0.317 e. The molecule has 2 heterocycles. The predicted octanol–water partition coefficient (Wildman–Crippen LogP) is 0.841. The van der Waals surface area contributed by atoms with Gasteiger partial charge in [-0.2, -0.15) is 0 Å². The molecule has 2 N–H and O–H groups in total. The average Bonchev–Trinajstić information content (AvgIpc) is 2.72. The van der Waals surface area contributed by atoms with E-state index in [0.29, 0.717) is 57.9 Å². The maximum absolute atomic E-state index is 12.2. The van der Waals surface area contributed by atoms with E-state index < -0.39 is 0 Å². The van der Waals surface area contributed by atoms with E-state index in [1.54, 1.807) is 24.1 Å². The second-order valence-electron chi connectivity index (χ2n) is 6.50. The zero-order valence-electron chi connectivity index (χ0n) is 17.0. The molecule has 1 aromatic heterocycles. The molecule has 1 aliphatic heterocycles. The van der Waals surface area contributed by atoms with Crippen molar-refractivity contribution in [3.63, 3.8) is 0 Å². The molecule has 0 radical (unpaired) electrons. The molecule has 0 bridgehead atoms. The van der Waals surface area contributed by atoms with Crippen LogP contribution in [0.15, 0.2) is 18.3 Å². The molecule has 1 fully saturated rings. The van der Waals surface area contributed by atoms with Gasteiger partial charge in [0.2, 0.25) is 5.91 Å². The Morgan fingerprint density at radius 3 is 2.55 bits per heavy atom. The van der Waals surface area contributed by atoms with Crippen LogP contribution in [0.3, 0.4) is 0 Å². The summed E-state index contributed by atoms with van der Waals surface area (Å²) in [7, 11) is 1.46. The van der Waals surface area contributed by atoms with E-state index in [2.05, 4.69) is 20.5 Å². The van der Waals surface area contributed by atoms with Crippen LogP contribution < -0.4 is 15.5 Å². The summed E-state index contributed by atoms with van der Waals surface area (Å²) in [5.74, 6) is 0.320. The highest BCUT2D eigenvalue weighted by Gasteiger charge is 2.21. The van der Waals surface area contributed by atoms with Crippen LogP contribution in [0, 0.1) is 0 Å². The van der Waals surface area contributed by atoms with Crippen LogP contribution in [0.5, 0.6) is 0 Å². The van der Waals surface area contributed by atoms with Gasteiger partial charge in [-0.3, -0.25) is 9.59 Å². The monoisotopic (exact) mass is 407 g/mol. The van der Waals surface area contributed by atoms with Crippen LogP contribution >= 0.6 is 0 Å². The molecule has 1 aromatic rings. The van der Waals surface area contributed by atoms with E-state index in [1.165, 1.54) is 7.11 Å². The van der Waals surface area contributed by atoms with Gasteiger partial charge in [0.15, 0.2) is 0 Å². The highest BCUT2D eigenvalue weighted by Crippen LogP contribution is 2.16. The Morgan fingerprint density at radius 1 is 1.17 bits per heavy atom. The number of nitrogens with one attached hydrogen (secondary N) is 2. The Kier molecular flexibility index (Phi) is 9.16. The third-order valence-electron chi connectivity index (χ3n) is 4.34. The van der Waals surface area contributed by atoms with Crippen LogP contribution in [0.4, 0.5) is 16.3 Å². The van der Waals surface area contributed by atoms with Gasteiger partial charge in [0.05, 0.1) is 18.5 Å². The van der Waals surface area contributed by atoms with Crippen molar-refractivity contribution >= 4 is 29.4 Å². The second kappa shape index (κ2) is 11.8. The summed E-state index contributed by atoms with van der Waals surface area (Å²) in [5.41, 5.74) is 0.608. The van der Waals surface area contributed by atoms with Crippen LogP contribution in [-0.4, -0.2) is 80.8 Å². The van der Waals surface area contributed by atoms with Gasteiger partial charge >= 0.3 is 12.0 Å². The number of methoxy groups -OCH3 is 1. The number of hydrogen-bond donors (Lipinski definition) is 2. The fourth-order valence-corrected chi connectivity index (χ4v) is 2.89. The summed E-state index contributed by atoms with van der Waals surface area (Å²) < 4.78 is 9.63. The van der Waals surface area contributed by atoms with Crippen molar-refractivity contribution in [1.29, 1.82) is 0 Å². The Hall–Kier alpha value is -2.88. The van der Waals surface area contributed by atoms with Crippen molar-refractivity contribution in [2.24, 2.45) is 0 Å². The average molecular weight is 407 g/mol. The van der Waals surface area contributed by atoms with Gasteiger partial charge in [-0.15, -0.1) is 0 Å². The van der Waals surface area contributed by atoms with E-state index in [4.69, 9.17) is 9.47 Å². The minimum atomic E-state index is -0.243. The maximum atomic E-state index is 12.2. The molecule has 0 unspecified atom stereocenters. The fourth-order valence-electron chi connectivity index (χ4n) is 2.89. The molecule has 3 amide bonds. The van der Waals surface area contributed by atoms with Gasteiger partial charge in [0, 0.05) is 46.3 Å². The number of amides is 3. The van der Waals surface area contributed by atoms with Crippen molar-refractivity contribution in [1.82, 2.24) is 15.2 Å². The first-order valence-electron chi connectivity index (χ1n) is 9.71. The number of ether oxygens (including phenoxy) is 2.